The monoisotopic (exact) mass is 155 g/mol. The Bertz CT molecular complexity index is 34.5. The maximum absolute atomic E-state index is 9.00. The molecule has 6 heavy (non-hydrogen) atoms. The molecular weight excluding hydrogens is 151 g/mol. The average molecular weight is 155 g/mol. The average Bonchev–Trinajstić information content (AvgIpc) is 0.811. The van der Waals surface area contributed by atoms with Gasteiger partial charge >= 0.3 is 0 Å². The largest absolute Gasteiger partial charge is 0.481 e. The van der Waals surface area contributed by atoms with E-state index >= 15 is 0 Å². The Balaban J connectivity index is -0.0000000450. The van der Waals surface area contributed by atoms with Crippen LogP contribution in [-0.4, -0.2) is 11.1 Å². The van der Waals surface area contributed by atoms with Crippen molar-refractivity contribution in [2.75, 3.05) is 0 Å². The van der Waals surface area contributed by atoms with Crippen molar-refractivity contribution < 1.29 is 64.7 Å². The van der Waals surface area contributed by atoms with Crippen molar-refractivity contribution >= 4 is 5.97 Å². The van der Waals surface area contributed by atoms with E-state index in [1.54, 1.807) is 0 Å². The molecule has 0 aromatic carbocycles. The minimum atomic E-state index is -0.833. The van der Waals surface area contributed by atoms with Crippen molar-refractivity contribution in [3.8, 4) is 0 Å². The van der Waals surface area contributed by atoms with E-state index in [9.17, 15) is 0 Å². The van der Waals surface area contributed by atoms with Gasteiger partial charge < -0.3 is 5.11 Å². The van der Waals surface area contributed by atoms with E-state index in [1.807, 2.05) is 0 Å². The van der Waals surface area contributed by atoms with E-state index in [2.05, 4.69) is 0 Å². The zero-order valence-electron chi connectivity index (χ0n) is 3.09. The summed E-state index contributed by atoms with van der Waals surface area (Å²) >= 11 is 0. The maximum atomic E-state index is 9.00. The Hall–Kier alpha value is 1.25. The fourth-order valence-electron chi connectivity index (χ4n) is 0. The van der Waals surface area contributed by atoms with Crippen molar-refractivity contribution in [1.29, 1.82) is 0 Å². The van der Waals surface area contributed by atoms with E-state index in [0.717, 1.165) is 6.92 Å². The second-order valence-corrected chi connectivity index (χ2v) is 0.519. The topological polar surface area (TPSA) is 37.3 Å². The van der Waals surface area contributed by atoms with Gasteiger partial charge in [-0.15, -0.1) is 0 Å². The van der Waals surface area contributed by atoms with Crippen molar-refractivity contribution in [2.45, 2.75) is 6.92 Å². The molecule has 0 atom stereocenters. The van der Waals surface area contributed by atoms with Gasteiger partial charge in [0.05, 0.1) is 0 Å². The van der Waals surface area contributed by atoms with Crippen molar-refractivity contribution in [2.24, 2.45) is 0 Å². The summed E-state index contributed by atoms with van der Waals surface area (Å²) in [6.45, 7) is 1.08. The standard InChI is InChI=1S/C2H4O2.Ar.Mn/c1-2(3)4;;/h1H3,(H,3,4);;. The number of hydrogen-bond acceptors (Lipinski definition) is 1. The number of carboxylic acids is 1. The maximum Gasteiger partial charge on any atom is 0.300 e. The van der Waals surface area contributed by atoms with Crippen LogP contribution in [0.25, 0.3) is 0 Å². The first-order chi connectivity index (χ1) is 1.73. The molecule has 39 valence electrons. The van der Waals surface area contributed by atoms with Crippen LogP contribution < -0.4 is 0 Å². The molecule has 0 aliphatic heterocycles. The molecular formula is C2H4ArMnO2. The van der Waals surface area contributed by atoms with Gasteiger partial charge in [-0.3, -0.25) is 4.79 Å². The molecule has 4 heteroatoms. The zero-order valence-corrected chi connectivity index (χ0v) is 4.97. The molecule has 0 saturated heterocycles. The number of carboxylic acid groups (broad SMARTS) is 1. The first-order valence-corrected chi connectivity index (χ1v) is 0.928. The molecule has 0 aliphatic rings. The fraction of sp³-hybridized carbons (Fsp3) is 0.500. The van der Waals surface area contributed by atoms with Gasteiger partial charge in [0.15, 0.2) is 0 Å². The molecule has 0 unspecified atom stereocenters. The molecule has 0 aromatic rings. The second kappa shape index (κ2) is 9.54. The molecule has 0 aromatic heterocycles. The van der Waals surface area contributed by atoms with Crippen LogP contribution in [0, 0.1) is 37.7 Å². The van der Waals surface area contributed by atoms with Gasteiger partial charge in [-0.05, 0) is 0 Å². The van der Waals surface area contributed by atoms with Crippen LogP contribution in [0.2, 0.25) is 0 Å². The van der Waals surface area contributed by atoms with E-state index < -0.39 is 5.97 Å². The Kier molecular flexibility index (Phi) is 24.9. The van der Waals surface area contributed by atoms with E-state index in [4.69, 9.17) is 9.90 Å². The number of aliphatic carboxylic acids is 1. The fourth-order valence-corrected chi connectivity index (χ4v) is 0. The SMILES string of the molecule is CC(=O)O.[Ar].[Mn]. The van der Waals surface area contributed by atoms with Gasteiger partial charge in [0, 0.05) is 61.7 Å². The van der Waals surface area contributed by atoms with Crippen LogP contribution in [0.3, 0.4) is 0 Å². The minimum absolute atomic E-state index is 0. The molecule has 0 heterocycles. The number of carbonyl (C=O) groups is 1. The number of rotatable bonds is 0. The summed E-state index contributed by atoms with van der Waals surface area (Å²) in [6.07, 6.45) is 0. The van der Waals surface area contributed by atoms with E-state index in [1.165, 1.54) is 0 Å². The van der Waals surface area contributed by atoms with E-state index in [-0.39, 0.29) is 54.8 Å². The smallest absolute Gasteiger partial charge is 0.300 e. The summed E-state index contributed by atoms with van der Waals surface area (Å²) in [6, 6.07) is 0. The third kappa shape index (κ3) is 60.7. The third-order valence-corrected chi connectivity index (χ3v) is 0. The Labute approximate surface area is 76.8 Å². The van der Waals surface area contributed by atoms with Gasteiger partial charge in [0.1, 0.15) is 0 Å². The van der Waals surface area contributed by atoms with Crippen LogP contribution in [0.4, 0.5) is 0 Å². The molecule has 0 rings (SSSR count). The van der Waals surface area contributed by atoms with Crippen molar-refractivity contribution in [3.05, 3.63) is 0 Å². The summed E-state index contributed by atoms with van der Waals surface area (Å²) < 4.78 is 0. The molecule has 1 N–H and O–H groups in total. The predicted molar refractivity (Wildman–Crippen MR) is 13.3 cm³/mol. The normalized spacial score (nSPS) is 4.17. The van der Waals surface area contributed by atoms with Crippen LogP contribution in [0.15, 0.2) is 0 Å². The Morgan fingerprint density at radius 3 is 1.67 bits per heavy atom. The summed E-state index contributed by atoms with van der Waals surface area (Å²) in [7, 11) is 0. The van der Waals surface area contributed by atoms with Gasteiger partial charge in [0.2, 0.25) is 0 Å². The first kappa shape index (κ1) is 15.7. The molecule has 0 bridgehead atoms. The number of hydrogen-bond donors (Lipinski definition) is 1. The Morgan fingerprint density at radius 2 is 1.67 bits per heavy atom. The van der Waals surface area contributed by atoms with Crippen LogP contribution in [0.5, 0.6) is 0 Å². The quantitative estimate of drug-likeness (QED) is 0.503. The molecule has 2 nitrogen and oxygen atoms in total. The molecule has 0 fully saturated rings. The van der Waals surface area contributed by atoms with E-state index in [0.29, 0.717) is 0 Å². The summed E-state index contributed by atoms with van der Waals surface area (Å²) in [4.78, 5) is 9.00. The van der Waals surface area contributed by atoms with Crippen LogP contribution >= 0.6 is 0 Å². The van der Waals surface area contributed by atoms with Crippen LogP contribution in [0.1, 0.15) is 6.92 Å². The molecule has 0 amide bonds. The van der Waals surface area contributed by atoms with Gasteiger partial charge in [0.25, 0.3) is 5.97 Å². The molecule has 1 radical (unpaired) electrons. The summed E-state index contributed by atoms with van der Waals surface area (Å²) in [5.74, 6) is -0.833. The first-order valence-electron chi connectivity index (χ1n) is 0.928. The third-order valence-electron chi connectivity index (χ3n) is 0. The Morgan fingerprint density at radius 1 is 1.67 bits per heavy atom. The zero-order chi connectivity index (χ0) is 3.58. The summed E-state index contributed by atoms with van der Waals surface area (Å²) in [5, 5.41) is 7.42. The predicted octanol–water partition coefficient (Wildman–Crippen LogP) is 0.0884. The minimum Gasteiger partial charge on any atom is -0.481 e. The molecule has 0 saturated carbocycles. The van der Waals surface area contributed by atoms with Gasteiger partial charge in [-0.2, -0.15) is 0 Å². The van der Waals surface area contributed by atoms with Crippen molar-refractivity contribution in [3.63, 3.8) is 0 Å². The van der Waals surface area contributed by atoms with Crippen LogP contribution in [-0.2, 0) is 21.9 Å². The van der Waals surface area contributed by atoms with Crippen molar-refractivity contribution in [1.82, 2.24) is 0 Å². The second-order valence-electron chi connectivity index (χ2n) is 0.519. The van der Waals surface area contributed by atoms with Gasteiger partial charge in [-0.1, -0.05) is 0 Å². The molecule has 0 aliphatic carbocycles. The summed E-state index contributed by atoms with van der Waals surface area (Å²) in [5.41, 5.74) is 0. The molecule has 0 spiro atoms. The van der Waals surface area contributed by atoms with Gasteiger partial charge in [-0.25, -0.2) is 0 Å².